The van der Waals surface area contributed by atoms with Gasteiger partial charge in [-0.05, 0) is 37.3 Å². The van der Waals surface area contributed by atoms with Crippen LogP contribution in [-0.2, 0) is 0 Å². The van der Waals surface area contributed by atoms with Gasteiger partial charge in [-0.1, -0.05) is 30.3 Å². The van der Waals surface area contributed by atoms with Crippen LogP contribution in [0.5, 0.6) is 17.4 Å². The van der Waals surface area contributed by atoms with E-state index in [0.29, 0.717) is 22.7 Å². The van der Waals surface area contributed by atoms with Crippen LogP contribution in [0.2, 0.25) is 0 Å². The van der Waals surface area contributed by atoms with Crippen LogP contribution < -0.4 is 16.1 Å². The van der Waals surface area contributed by atoms with E-state index in [1.165, 1.54) is 20.1 Å². The molecule has 0 bridgehead atoms. The number of allylic oxidation sites excluding steroid dienone is 1. The number of nitrogens with two attached hydrogens (primary N) is 1. The molecule has 8 nitrogen and oxygen atoms in total. The lowest BCUT2D eigenvalue weighted by molar-refractivity contribution is 0.103. The highest BCUT2D eigenvalue weighted by molar-refractivity contribution is 6.13. The van der Waals surface area contributed by atoms with E-state index in [2.05, 4.69) is 4.99 Å². The van der Waals surface area contributed by atoms with Gasteiger partial charge < -0.3 is 25.1 Å². The predicted octanol–water partition coefficient (Wildman–Crippen LogP) is 3.68. The van der Waals surface area contributed by atoms with Crippen LogP contribution in [0.15, 0.2) is 68.8 Å². The van der Waals surface area contributed by atoms with Crippen molar-refractivity contribution in [2.75, 3.05) is 12.8 Å². The Bertz CT molecular complexity index is 1260. The minimum absolute atomic E-state index is 0.0620. The first-order valence-corrected chi connectivity index (χ1v) is 9.18. The molecule has 0 unspecified atom stereocenters. The number of methoxy groups -OCH3 is 1. The fraction of sp³-hybridized carbons (Fsp3) is 0.0870. The van der Waals surface area contributed by atoms with E-state index in [1.807, 2.05) is 0 Å². The van der Waals surface area contributed by atoms with Gasteiger partial charge in [0.2, 0.25) is 0 Å². The first-order valence-electron chi connectivity index (χ1n) is 9.18. The van der Waals surface area contributed by atoms with Crippen molar-refractivity contribution in [3.05, 3.63) is 81.7 Å². The highest BCUT2D eigenvalue weighted by Crippen LogP contribution is 2.31. The summed E-state index contributed by atoms with van der Waals surface area (Å²) in [7, 11) is 1.49. The summed E-state index contributed by atoms with van der Waals surface area (Å²) in [5.74, 6) is -1.98. The average Bonchev–Trinajstić information content (AvgIpc) is 2.73. The molecule has 0 spiro atoms. The number of aromatic hydroxyl groups is 2. The zero-order valence-corrected chi connectivity index (χ0v) is 16.8. The number of anilines is 1. The molecule has 158 valence electrons. The van der Waals surface area contributed by atoms with Crippen LogP contribution >= 0.6 is 0 Å². The topological polar surface area (TPSA) is 135 Å². The molecular weight excluding hydrogens is 400 g/mol. The molecule has 0 aliphatic carbocycles. The lowest BCUT2D eigenvalue weighted by Gasteiger charge is -2.08. The zero-order chi connectivity index (χ0) is 22.5. The van der Waals surface area contributed by atoms with Crippen LogP contribution in [0.1, 0.15) is 28.4 Å². The molecule has 3 aromatic rings. The Morgan fingerprint density at radius 2 is 1.77 bits per heavy atom. The summed E-state index contributed by atoms with van der Waals surface area (Å²) in [6.45, 7) is 1.45. The van der Waals surface area contributed by atoms with Gasteiger partial charge in [-0.15, -0.1) is 0 Å². The second-order valence-electron chi connectivity index (χ2n) is 6.49. The Balaban J connectivity index is 2.05. The molecule has 0 radical (unpaired) electrons. The quantitative estimate of drug-likeness (QED) is 0.239. The number of benzene rings is 2. The van der Waals surface area contributed by atoms with Crippen molar-refractivity contribution in [1.29, 1.82) is 0 Å². The Hall–Kier alpha value is -4.33. The van der Waals surface area contributed by atoms with Crippen molar-refractivity contribution >= 4 is 28.9 Å². The highest BCUT2D eigenvalue weighted by Gasteiger charge is 2.25. The van der Waals surface area contributed by atoms with E-state index >= 15 is 0 Å². The Morgan fingerprint density at radius 1 is 1.10 bits per heavy atom. The van der Waals surface area contributed by atoms with Crippen LogP contribution in [0, 0.1) is 0 Å². The van der Waals surface area contributed by atoms with Gasteiger partial charge >= 0.3 is 5.63 Å². The number of nitrogens with zero attached hydrogens (tertiary/aromatic N) is 1. The van der Waals surface area contributed by atoms with Crippen molar-refractivity contribution in [1.82, 2.24) is 0 Å². The SMILES string of the molecule is COc1ccccc1C=CC(=O)c1c(O)oc(=O)c(C(C)=Nc2ccccc2N)c1O. The van der Waals surface area contributed by atoms with E-state index in [9.17, 15) is 19.8 Å². The van der Waals surface area contributed by atoms with E-state index in [4.69, 9.17) is 14.9 Å². The molecule has 4 N–H and O–H groups in total. The molecule has 1 heterocycles. The molecular formula is C23H20N2O6. The third-order valence-corrected chi connectivity index (χ3v) is 4.47. The van der Waals surface area contributed by atoms with Crippen LogP contribution in [0.4, 0.5) is 11.4 Å². The van der Waals surface area contributed by atoms with Gasteiger partial charge in [-0.2, -0.15) is 0 Å². The third-order valence-electron chi connectivity index (χ3n) is 4.47. The van der Waals surface area contributed by atoms with E-state index in [1.54, 1.807) is 48.5 Å². The summed E-state index contributed by atoms with van der Waals surface area (Å²) in [5, 5.41) is 20.6. The van der Waals surface area contributed by atoms with Crippen molar-refractivity contribution in [2.45, 2.75) is 6.92 Å². The van der Waals surface area contributed by atoms with Crippen LogP contribution in [-0.4, -0.2) is 28.8 Å². The van der Waals surface area contributed by atoms with Gasteiger partial charge in [-0.25, -0.2) is 4.79 Å². The van der Waals surface area contributed by atoms with Gasteiger partial charge in [-0.3, -0.25) is 9.79 Å². The smallest absolute Gasteiger partial charge is 0.351 e. The number of hydrogen-bond acceptors (Lipinski definition) is 8. The number of ketones is 1. The number of carbonyl (C=O) groups is 1. The maximum atomic E-state index is 12.7. The zero-order valence-electron chi connectivity index (χ0n) is 16.8. The summed E-state index contributed by atoms with van der Waals surface area (Å²) in [6, 6.07) is 13.7. The largest absolute Gasteiger partial charge is 0.506 e. The van der Waals surface area contributed by atoms with Crippen LogP contribution in [0.25, 0.3) is 6.08 Å². The summed E-state index contributed by atoms with van der Waals surface area (Å²) < 4.78 is 9.99. The Labute approximate surface area is 177 Å². The first-order chi connectivity index (χ1) is 14.8. The predicted molar refractivity (Wildman–Crippen MR) is 117 cm³/mol. The number of ether oxygens (including phenoxy) is 1. The van der Waals surface area contributed by atoms with Gasteiger partial charge in [0.15, 0.2) is 5.78 Å². The number of rotatable bonds is 6. The maximum Gasteiger partial charge on any atom is 0.351 e. The number of aliphatic imine (C=N–C) groups is 1. The summed E-state index contributed by atoms with van der Waals surface area (Å²) in [5.41, 5.74) is 5.30. The molecule has 8 heteroatoms. The van der Waals surface area contributed by atoms with E-state index < -0.39 is 28.7 Å². The van der Waals surface area contributed by atoms with Gasteiger partial charge in [0.1, 0.15) is 22.6 Å². The Kier molecular flexibility index (Phi) is 6.21. The number of hydrogen-bond donors (Lipinski definition) is 3. The fourth-order valence-corrected chi connectivity index (χ4v) is 2.93. The maximum absolute atomic E-state index is 12.7. The molecule has 0 fully saturated rings. The highest BCUT2D eigenvalue weighted by atomic mass is 16.5. The molecule has 31 heavy (non-hydrogen) atoms. The van der Waals surface area contributed by atoms with E-state index in [0.717, 1.165) is 6.08 Å². The molecule has 0 atom stereocenters. The van der Waals surface area contributed by atoms with Crippen molar-refractivity contribution in [3.8, 4) is 17.4 Å². The van der Waals surface area contributed by atoms with Crippen molar-refractivity contribution < 1.29 is 24.2 Å². The minimum atomic E-state index is -1.05. The monoisotopic (exact) mass is 420 g/mol. The van der Waals surface area contributed by atoms with Gasteiger partial charge in [0.25, 0.3) is 5.95 Å². The standard InChI is InChI=1S/C23H20N2O6/c1-13(25-16-9-5-4-8-15(16)24)19-21(27)20(23(29)31-22(19)28)17(26)12-11-14-7-3-6-10-18(14)30-2/h3-12,27,29H,24H2,1-2H3. The normalized spacial score (nSPS) is 11.6. The number of nitrogen functional groups attached to an aromatic ring is 1. The molecule has 1 aromatic heterocycles. The molecule has 3 rings (SSSR count). The summed E-state index contributed by atoms with van der Waals surface area (Å²) in [6.07, 6.45) is 2.58. The lowest BCUT2D eigenvalue weighted by Crippen LogP contribution is -2.15. The molecule has 2 aromatic carbocycles. The molecule has 0 aliphatic rings. The second kappa shape index (κ2) is 9.00. The van der Waals surface area contributed by atoms with Crippen LogP contribution in [0.3, 0.4) is 0 Å². The van der Waals surface area contributed by atoms with Gasteiger partial charge in [0, 0.05) is 5.56 Å². The summed E-state index contributed by atoms with van der Waals surface area (Å²) >= 11 is 0. The first kappa shape index (κ1) is 21.4. The summed E-state index contributed by atoms with van der Waals surface area (Å²) in [4.78, 5) is 29.2. The average molecular weight is 420 g/mol. The van der Waals surface area contributed by atoms with Gasteiger partial charge in [0.05, 0.1) is 24.2 Å². The number of carbonyl (C=O) groups excluding carboxylic acids is 1. The van der Waals surface area contributed by atoms with Crippen molar-refractivity contribution in [2.24, 2.45) is 4.99 Å². The van der Waals surface area contributed by atoms with Crippen molar-refractivity contribution in [3.63, 3.8) is 0 Å². The third kappa shape index (κ3) is 4.48. The second-order valence-corrected chi connectivity index (χ2v) is 6.49. The fourth-order valence-electron chi connectivity index (χ4n) is 2.93. The number of para-hydroxylation sites is 3. The molecule has 0 amide bonds. The van der Waals surface area contributed by atoms with E-state index in [-0.39, 0.29) is 11.3 Å². The lowest BCUT2D eigenvalue weighted by atomic mass is 10.0. The molecule has 0 aliphatic heterocycles. The molecule has 0 saturated heterocycles. The molecule has 0 saturated carbocycles. The Morgan fingerprint density at radius 3 is 2.48 bits per heavy atom. The minimum Gasteiger partial charge on any atom is -0.506 e.